The molecule has 41 heavy (non-hydrogen) atoms. The van der Waals surface area contributed by atoms with Crippen LogP contribution >= 0.6 is 0 Å². The second-order valence-corrected chi connectivity index (χ2v) is 9.98. The van der Waals surface area contributed by atoms with Crippen LogP contribution in [0.15, 0.2) is 47.1 Å². The molecule has 5 rings (SSSR count). The van der Waals surface area contributed by atoms with Gasteiger partial charge in [-0.2, -0.15) is 0 Å². The maximum absolute atomic E-state index is 13.3. The third kappa shape index (κ3) is 6.74. The molecule has 0 aliphatic carbocycles. The highest BCUT2D eigenvalue weighted by molar-refractivity contribution is 5.92. The number of amides is 1. The van der Waals surface area contributed by atoms with Gasteiger partial charge in [-0.1, -0.05) is 6.07 Å². The Bertz CT molecular complexity index is 1370. The van der Waals surface area contributed by atoms with Gasteiger partial charge in [-0.05, 0) is 55.7 Å². The largest absolute Gasteiger partial charge is 0.497 e. The fourth-order valence-electron chi connectivity index (χ4n) is 5.16. The van der Waals surface area contributed by atoms with E-state index in [0.29, 0.717) is 63.1 Å². The Balaban J connectivity index is 1.33. The van der Waals surface area contributed by atoms with Gasteiger partial charge in [-0.3, -0.25) is 14.5 Å². The molecule has 1 fully saturated rings. The van der Waals surface area contributed by atoms with Crippen molar-refractivity contribution in [2.24, 2.45) is 5.92 Å². The number of rotatable bonds is 11. The number of piperidine rings is 1. The summed E-state index contributed by atoms with van der Waals surface area (Å²) in [6.45, 7) is 4.53. The van der Waals surface area contributed by atoms with Gasteiger partial charge in [0.2, 0.25) is 12.7 Å². The highest BCUT2D eigenvalue weighted by Gasteiger charge is 2.31. The fraction of sp³-hybridized carbons (Fsp3) is 0.433. The third-order valence-electron chi connectivity index (χ3n) is 7.18. The molecule has 1 aromatic heterocycles. The van der Waals surface area contributed by atoms with Crippen LogP contribution < -0.4 is 18.9 Å². The summed E-state index contributed by atoms with van der Waals surface area (Å²) in [5, 5.41) is 0. The summed E-state index contributed by atoms with van der Waals surface area (Å²) in [5.74, 6) is 2.41. The molecule has 0 radical (unpaired) electrons. The lowest BCUT2D eigenvalue weighted by Gasteiger charge is -2.30. The number of likely N-dealkylation sites (tertiary alicyclic amines) is 1. The first-order valence-corrected chi connectivity index (χ1v) is 13.7. The number of benzene rings is 2. The molecule has 0 bridgehead atoms. The number of aromatic nitrogens is 1. The van der Waals surface area contributed by atoms with Crippen molar-refractivity contribution in [2.75, 3.05) is 40.7 Å². The number of ether oxygens (including phenoxy) is 5. The molecule has 1 saturated heterocycles. The van der Waals surface area contributed by atoms with E-state index in [0.717, 1.165) is 29.0 Å². The predicted octanol–water partition coefficient (Wildman–Crippen LogP) is 4.04. The molecule has 1 amide bonds. The van der Waals surface area contributed by atoms with Crippen molar-refractivity contribution in [3.63, 3.8) is 0 Å². The van der Waals surface area contributed by atoms with Gasteiger partial charge >= 0.3 is 5.97 Å². The summed E-state index contributed by atoms with van der Waals surface area (Å²) in [4.78, 5) is 33.8. The molecule has 11 nitrogen and oxygen atoms in total. The van der Waals surface area contributed by atoms with Gasteiger partial charge in [-0.15, -0.1) is 0 Å². The predicted molar refractivity (Wildman–Crippen MR) is 147 cm³/mol. The first-order valence-electron chi connectivity index (χ1n) is 13.7. The van der Waals surface area contributed by atoms with E-state index in [9.17, 15) is 9.59 Å². The number of hydrogen-bond donors (Lipinski definition) is 0. The van der Waals surface area contributed by atoms with Crippen LogP contribution in [0.4, 0.5) is 0 Å². The minimum absolute atomic E-state index is 0.203. The van der Waals surface area contributed by atoms with E-state index in [-0.39, 0.29) is 30.3 Å². The number of methoxy groups -OCH3 is 2. The molecule has 0 saturated carbocycles. The zero-order valence-electron chi connectivity index (χ0n) is 23.6. The fourth-order valence-corrected chi connectivity index (χ4v) is 5.16. The average Bonchev–Trinajstić information content (AvgIpc) is 3.66. The van der Waals surface area contributed by atoms with Gasteiger partial charge in [0.05, 0.1) is 33.3 Å². The highest BCUT2D eigenvalue weighted by atomic mass is 16.7. The maximum Gasteiger partial charge on any atom is 0.310 e. The van der Waals surface area contributed by atoms with Gasteiger partial charge in [0, 0.05) is 31.7 Å². The van der Waals surface area contributed by atoms with Crippen LogP contribution in [0.25, 0.3) is 0 Å². The van der Waals surface area contributed by atoms with Crippen molar-refractivity contribution in [1.82, 2.24) is 14.8 Å². The van der Waals surface area contributed by atoms with Crippen LogP contribution in [0, 0.1) is 5.92 Å². The van der Waals surface area contributed by atoms with E-state index >= 15 is 0 Å². The van der Waals surface area contributed by atoms with Crippen molar-refractivity contribution in [3.8, 4) is 23.0 Å². The molecule has 218 valence electrons. The summed E-state index contributed by atoms with van der Waals surface area (Å²) in [6.07, 6.45) is 2.82. The van der Waals surface area contributed by atoms with Gasteiger partial charge in [0.25, 0.3) is 5.91 Å². The molecule has 11 heteroatoms. The standard InChI is InChI=1S/C30H35N3O8/c1-4-38-30(35)21-6-5-11-33(16-21)29(34)24-18-39-28(31-24)17-32(14-20-7-9-26-27(12-20)41-19-40-26)15-22-13-23(36-2)8-10-25(22)37-3/h7-10,12-13,18,21H,4-6,11,14-17,19H2,1-3H3. The summed E-state index contributed by atoms with van der Waals surface area (Å²) >= 11 is 0. The molecule has 2 aliphatic rings. The quantitative estimate of drug-likeness (QED) is 0.316. The van der Waals surface area contributed by atoms with Gasteiger partial charge in [-0.25, -0.2) is 4.98 Å². The van der Waals surface area contributed by atoms with E-state index in [2.05, 4.69) is 9.88 Å². The van der Waals surface area contributed by atoms with Crippen LogP contribution in [-0.2, 0) is 29.2 Å². The molecule has 2 aromatic carbocycles. The van der Waals surface area contributed by atoms with Crippen LogP contribution in [0.2, 0.25) is 0 Å². The number of nitrogens with zero attached hydrogens (tertiary/aromatic N) is 3. The Morgan fingerprint density at radius 3 is 2.71 bits per heavy atom. The zero-order valence-corrected chi connectivity index (χ0v) is 23.6. The first-order chi connectivity index (χ1) is 20.0. The van der Waals surface area contributed by atoms with E-state index in [1.165, 1.54) is 6.26 Å². The lowest BCUT2D eigenvalue weighted by Crippen LogP contribution is -2.43. The van der Waals surface area contributed by atoms with E-state index in [4.69, 9.17) is 28.1 Å². The normalized spacial score (nSPS) is 16.1. The number of hydrogen-bond acceptors (Lipinski definition) is 10. The van der Waals surface area contributed by atoms with E-state index < -0.39 is 0 Å². The lowest BCUT2D eigenvalue weighted by atomic mass is 9.98. The number of carbonyl (C=O) groups is 2. The molecule has 0 spiro atoms. The molecule has 2 aliphatic heterocycles. The van der Waals surface area contributed by atoms with E-state index in [1.807, 2.05) is 36.4 Å². The SMILES string of the molecule is CCOC(=O)C1CCCN(C(=O)c2coc(CN(Cc3ccc4c(c3)OCO4)Cc3cc(OC)ccc3OC)n2)C1. The monoisotopic (exact) mass is 565 g/mol. The molecule has 1 unspecified atom stereocenters. The van der Waals surface area contributed by atoms with Crippen molar-refractivity contribution in [3.05, 3.63) is 65.4 Å². The average molecular weight is 566 g/mol. The van der Waals surface area contributed by atoms with E-state index in [1.54, 1.807) is 26.0 Å². The molecular weight excluding hydrogens is 530 g/mol. The Kier molecular flexibility index (Phi) is 8.93. The van der Waals surface area contributed by atoms with Crippen molar-refractivity contribution in [2.45, 2.75) is 39.4 Å². The first kappa shape index (κ1) is 28.3. The second kappa shape index (κ2) is 12.9. The van der Waals surface area contributed by atoms with Gasteiger partial charge in [0.15, 0.2) is 17.2 Å². The molecule has 3 aromatic rings. The Morgan fingerprint density at radius 2 is 1.90 bits per heavy atom. The number of oxazole rings is 1. The topological polar surface area (TPSA) is 113 Å². The second-order valence-electron chi connectivity index (χ2n) is 9.98. The molecule has 0 N–H and O–H groups in total. The number of carbonyl (C=O) groups excluding carboxylic acids is 2. The van der Waals surface area contributed by atoms with Crippen molar-refractivity contribution >= 4 is 11.9 Å². The number of fused-ring (bicyclic) bond motifs is 1. The Hall–Kier alpha value is -4.25. The third-order valence-corrected chi connectivity index (χ3v) is 7.18. The lowest BCUT2D eigenvalue weighted by molar-refractivity contribution is -0.149. The molecule has 3 heterocycles. The summed E-state index contributed by atoms with van der Waals surface area (Å²) in [6, 6.07) is 11.5. The summed E-state index contributed by atoms with van der Waals surface area (Å²) in [5.41, 5.74) is 2.15. The molecular formula is C30H35N3O8. The zero-order chi connectivity index (χ0) is 28.8. The van der Waals surface area contributed by atoms with Crippen molar-refractivity contribution < 1.29 is 37.7 Å². The van der Waals surface area contributed by atoms with Crippen LogP contribution in [0.5, 0.6) is 23.0 Å². The minimum atomic E-state index is -0.325. The smallest absolute Gasteiger partial charge is 0.310 e. The van der Waals surface area contributed by atoms with Gasteiger partial charge < -0.3 is 33.0 Å². The summed E-state index contributed by atoms with van der Waals surface area (Å²) < 4.78 is 33.0. The highest BCUT2D eigenvalue weighted by Crippen LogP contribution is 2.33. The van der Waals surface area contributed by atoms with Crippen LogP contribution in [0.3, 0.4) is 0 Å². The maximum atomic E-state index is 13.3. The minimum Gasteiger partial charge on any atom is -0.497 e. The van der Waals surface area contributed by atoms with Crippen LogP contribution in [-0.4, -0.2) is 67.4 Å². The van der Waals surface area contributed by atoms with Crippen molar-refractivity contribution in [1.29, 1.82) is 0 Å². The number of esters is 1. The molecule has 1 atom stereocenters. The van der Waals surface area contributed by atoms with Crippen LogP contribution in [0.1, 0.15) is 47.3 Å². The van der Waals surface area contributed by atoms with Gasteiger partial charge in [0.1, 0.15) is 17.8 Å². The Labute approximate surface area is 238 Å². The Morgan fingerprint density at radius 1 is 1.05 bits per heavy atom. The summed E-state index contributed by atoms with van der Waals surface area (Å²) in [7, 11) is 3.26.